The lowest BCUT2D eigenvalue weighted by Gasteiger charge is -2.33. The van der Waals surface area contributed by atoms with Crippen molar-refractivity contribution in [3.63, 3.8) is 0 Å². The topological polar surface area (TPSA) is 121 Å². The van der Waals surface area contributed by atoms with Gasteiger partial charge in [-0.1, -0.05) is 12.1 Å². The molecule has 2 aromatic rings. The van der Waals surface area contributed by atoms with Crippen LogP contribution in [0.15, 0.2) is 24.4 Å². The molecule has 2 N–H and O–H groups in total. The molecule has 0 bridgehead atoms. The van der Waals surface area contributed by atoms with Gasteiger partial charge in [0.05, 0.1) is 17.5 Å². The Balaban J connectivity index is 1.50. The summed E-state index contributed by atoms with van der Waals surface area (Å²) in [6.07, 6.45) is 3.00. The minimum absolute atomic E-state index is 0.0108. The summed E-state index contributed by atoms with van der Waals surface area (Å²) in [7, 11) is -0.991. The first-order valence-electron chi connectivity index (χ1n) is 12.2. The number of amides is 2. The van der Waals surface area contributed by atoms with E-state index < -0.39 is 13.9 Å². The largest absolute Gasteiger partial charge is 0.432 e. The van der Waals surface area contributed by atoms with Crippen molar-refractivity contribution < 1.29 is 24.2 Å². The van der Waals surface area contributed by atoms with Crippen molar-refractivity contribution in [1.82, 2.24) is 15.0 Å². The van der Waals surface area contributed by atoms with Gasteiger partial charge in [-0.2, -0.15) is 0 Å². The zero-order valence-electron chi connectivity index (χ0n) is 20.6. The molecule has 1 aromatic carbocycles. The van der Waals surface area contributed by atoms with Gasteiger partial charge >= 0.3 is 0 Å². The lowest BCUT2D eigenvalue weighted by Crippen LogP contribution is -2.45. The van der Waals surface area contributed by atoms with Gasteiger partial charge in [0.15, 0.2) is 13.9 Å². The number of hydrogen-bond acceptors (Lipinski definition) is 7. The monoisotopic (exact) mass is 499 g/mol. The average molecular weight is 500 g/mol. The molecule has 0 radical (unpaired) electrons. The van der Waals surface area contributed by atoms with E-state index in [0.717, 1.165) is 16.9 Å². The maximum Gasteiger partial charge on any atom is 0.264 e. The highest BCUT2D eigenvalue weighted by atomic mass is 28.4. The van der Waals surface area contributed by atoms with Gasteiger partial charge in [0.2, 0.25) is 5.91 Å². The van der Waals surface area contributed by atoms with E-state index in [4.69, 9.17) is 9.84 Å². The molecule has 4 atom stereocenters. The van der Waals surface area contributed by atoms with Crippen LogP contribution < -0.4 is 9.80 Å². The van der Waals surface area contributed by atoms with Crippen LogP contribution in [-0.4, -0.2) is 71.3 Å². The SMILES string of the molecule is C[C@@H]1[C@@H]([Si](C)(C)O)[C@H](CCn2cc(CCO)nn2)O[C@@]12C(=O)N(C)c1ccc(N3CCC3=O)cc12. The molecule has 0 unspecified atom stereocenters. The van der Waals surface area contributed by atoms with E-state index in [-0.39, 0.29) is 36.0 Å². The number of β-lactam (4-membered cyclic amide) rings is 1. The van der Waals surface area contributed by atoms with Gasteiger partial charge in [-0.25, -0.2) is 0 Å². The predicted molar refractivity (Wildman–Crippen MR) is 131 cm³/mol. The first-order valence-corrected chi connectivity index (χ1v) is 15.2. The number of aromatic nitrogens is 3. The number of anilines is 2. The molecule has 1 spiro atoms. The van der Waals surface area contributed by atoms with Crippen LogP contribution in [0, 0.1) is 5.92 Å². The van der Waals surface area contributed by atoms with Crippen LogP contribution in [0.25, 0.3) is 0 Å². The number of benzene rings is 1. The molecular weight excluding hydrogens is 466 g/mol. The number of aryl methyl sites for hydroxylation is 1. The van der Waals surface area contributed by atoms with Gasteiger partial charge in [-0.05, 0) is 37.7 Å². The Kier molecular flexibility index (Phi) is 5.86. The number of aliphatic hydroxyl groups excluding tert-OH is 1. The predicted octanol–water partition coefficient (Wildman–Crippen LogP) is 1.41. The molecule has 35 heavy (non-hydrogen) atoms. The summed E-state index contributed by atoms with van der Waals surface area (Å²) in [6.45, 7) is 7.01. The summed E-state index contributed by atoms with van der Waals surface area (Å²) in [5.41, 5.74) is 1.65. The Hall–Kier alpha value is -2.60. The number of hydrogen-bond donors (Lipinski definition) is 2. The third-order valence-electron chi connectivity index (χ3n) is 7.86. The summed E-state index contributed by atoms with van der Waals surface area (Å²) in [5, 5.41) is 17.4. The molecule has 10 nitrogen and oxygen atoms in total. The molecule has 0 aliphatic carbocycles. The van der Waals surface area contributed by atoms with E-state index in [9.17, 15) is 14.4 Å². The summed E-state index contributed by atoms with van der Waals surface area (Å²) < 4.78 is 8.46. The Morgan fingerprint density at radius 3 is 2.69 bits per heavy atom. The van der Waals surface area contributed by atoms with Crippen molar-refractivity contribution in [1.29, 1.82) is 0 Å². The number of carbonyl (C=O) groups excluding carboxylic acids is 2. The summed E-state index contributed by atoms with van der Waals surface area (Å²) in [6, 6.07) is 5.70. The highest BCUT2D eigenvalue weighted by Crippen LogP contribution is 2.59. The van der Waals surface area contributed by atoms with Gasteiger partial charge < -0.3 is 24.4 Å². The molecule has 11 heteroatoms. The van der Waals surface area contributed by atoms with E-state index in [1.807, 2.05) is 38.2 Å². The first-order chi connectivity index (χ1) is 16.6. The van der Waals surface area contributed by atoms with E-state index in [0.29, 0.717) is 38.0 Å². The molecule has 1 aromatic heterocycles. The molecule has 3 aliphatic heterocycles. The quantitative estimate of drug-likeness (QED) is 0.436. The van der Waals surface area contributed by atoms with Gasteiger partial charge in [0.25, 0.3) is 5.91 Å². The van der Waals surface area contributed by atoms with Crippen LogP contribution >= 0.6 is 0 Å². The van der Waals surface area contributed by atoms with Crippen LogP contribution in [0.2, 0.25) is 18.6 Å². The van der Waals surface area contributed by atoms with Crippen molar-refractivity contribution in [2.24, 2.45) is 5.92 Å². The maximum absolute atomic E-state index is 13.8. The molecule has 4 heterocycles. The number of ether oxygens (including phenoxy) is 1. The van der Waals surface area contributed by atoms with E-state index in [2.05, 4.69) is 10.3 Å². The van der Waals surface area contributed by atoms with E-state index in [1.165, 1.54) is 0 Å². The molecule has 2 amide bonds. The average Bonchev–Trinajstić information content (AvgIpc) is 3.42. The Labute approximate surface area is 205 Å². The van der Waals surface area contributed by atoms with E-state index >= 15 is 0 Å². The Morgan fingerprint density at radius 2 is 2.06 bits per heavy atom. The number of fused-ring (bicyclic) bond motifs is 2. The van der Waals surface area contributed by atoms with Crippen molar-refractivity contribution >= 4 is 31.5 Å². The number of rotatable bonds is 7. The van der Waals surface area contributed by atoms with Crippen molar-refractivity contribution in [3.8, 4) is 0 Å². The Bertz CT molecular complexity index is 1160. The number of carbonyl (C=O) groups is 2. The molecule has 2 fully saturated rings. The summed E-state index contributed by atoms with van der Waals surface area (Å²) in [4.78, 5) is 40.6. The second kappa shape index (κ2) is 8.51. The molecule has 0 saturated carbocycles. The molecule has 2 saturated heterocycles. The highest BCUT2D eigenvalue weighted by Gasteiger charge is 2.65. The minimum atomic E-state index is -2.74. The van der Waals surface area contributed by atoms with E-state index in [1.54, 1.807) is 27.7 Å². The molecular formula is C24H33N5O5Si. The molecule has 188 valence electrons. The fourth-order valence-electron chi connectivity index (χ4n) is 6.13. The lowest BCUT2D eigenvalue weighted by atomic mass is 9.82. The standard InChI is InChI=1S/C24H33N5O5Si/c1-15-22(35(3,4)33)20(7-10-28-14-16(9-12-30)25-26-28)34-24(15)18-13-17(29-11-8-21(29)31)5-6-19(18)27(2)23(24)32/h5-6,13-15,20,22,30,33H,7-12H2,1-4H3/t15-,20+,22-,24+/m1/s1. The lowest BCUT2D eigenvalue weighted by molar-refractivity contribution is -0.145. The third kappa shape index (κ3) is 3.72. The minimum Gasteiger partial charge on any atom is -0.432 e. The smallest absolute Gasteiger partial charge is 0.264 e. The van der Waals surface area contributed by atoms with Crippen LogP contribution in [0.5, 0.6) is 0 Å². The number of nitrogens with zero attached hydrogens (tertiary/aromatic N) is 5. The first kappa shape index (κ1) is 24.1. The fourth-order valence-corrected chi connectivity index (χ4v) is 8.74. The van der Waals surface area contributed by atoms with Crippen LogP contribution in [0.4, 0.5) is 11.4 Å². The number of likely N-dealkylation sites (N-methyl/N-ethyl adjacent to an activating group) is 1. The second-order valence-electron chi connectivity index (χ2n) is 10.5. The molecule has 5 rings (SSSR count). The number of aliphatic hydroxyl groups is 1. The van der Waals surface area contributed by atoms with Crippen LogP contribution in [0.1, 0.15) is 31.0 Å². The Morgan fingerprint density at radius 1 is 1.29 bits per heavy atom. The third-order valence-corrected chi connectivity index (χ3v) is 10.4. The van der Waals surface area contributed by atoms with Gasteiger partial charge in [-0.15, -0.1) is 5.10 Å². The van der Waals surface area contributed by atoms with Crippen molar-refractivity contribution in [3.05, 3.63) is 35.7 Å². The molecule has 3 aliphatic rings. The van der Waals surface area contributed by atoms with Gasteiger partial charge in [0.1, 0.15) is 0 Å². The normalized spacial score (nSPS) is 28.2. The van der Waals surface area contributed by atoms with Crippen LogP contribution in [0.3, 0.4) is 0 Å². The highest BCUT2D eigenvalue weighted by molar-refractivity contribution is 6.71. The van der Waals surface area contributed by atoms with Crippen LogP contribution in [-0.2, 0) is 32.9 Å². The summed E-state index contributed by atoms with van der Waals surface area (Å²) >= 11 is 0. The van der Waals surface area contributed by atoms with Crippen molar-refractivity contribution in [2.45, 2.75) is 63.1 Å². The summed E-state index contributed by atoms with van der Waals surface area (Å²) in [5.74, 6) is -0.313. The van der Waals surface area contributed by atoms with Gasteiger partial charge in [0, 0.05) is 68.5 Å². The van der Waals surface area contributed by atoms with Crippen molar-refractivity contribution in [2.75, 3.05) is 30.0 Å². The zero-order valence-corrected chi connectivity index (χ0v) is 21.6. The zero-order chi connectivity index (χ0) is 25.1. The second-order valence-corrected chi connectivity index (χ2v) is 14.4. The maximum atomic E-state index is 13.8. The fraction of sp³-hybridized carbons (Fsp3) is 0.583. The van der Waals surface area contributed by atoms with Gasteiger partial charge in [-0.3, -0.25) is 14.3 Å².